The Labute approximate surface area is 121 Å². The van der Waals surface area contributed by atoms with Gasteiger partial charge < -0.3 is 10.5 Å². The Hall–Kier alpha value is -2.33. The first-order valence-corrected chi connectivity index (χ1v) is 6.32. The third-order valence-corrected chi connectivity index (χ3v) is 2.67. The van der Waals surface area contributed by atoms with Gasteiger partial charge in [0, 0.05) is 11.2 Å². The number of rotatable bonds is 5. The lowest BCUT2D eigenvalue weighted by atomic mass is 10.2. The predicted octanol–water partition coefficient (Wildman–Crippen LogP) is 2.95. The second kappa shape index (κ2) is 6.73. The molecule has 0 aliphatic heterocycles. The van der Waals surface area contributed by atoms with E-state index >= 15 is 0 Å². The van der Waals surface area contributed by atoms with Crippen LogP contribution < -0.4 is 10.5 Å². The molecule has 0 saturated heterocycles. The number of hydrogen-bond donors (Lipinski definition) is 1. The molecule has 2 aromatic carbocycles. The fourth-order valence-electron chi connectivity index (χ4n) is 1.51. The van der Waals surface area contributed by atoms with Crippen molar-refractivity contribution in [2.24, 2.45) is 10.7 Å². The van der Waals surface area contributed by atoms with Crippen LogP contribution in [0.1, 0.15) is 5.56 Å². The summed E-state index contributed by atoms with van der Waals surface area (Å²) in [6.07, 6.45) is 1.73. The predicted molar refractivity (Wildman–Crippen MR) is 79.8 cm³/mol. The second-order valence-electron chi connectivity index (χ2n) is 4.06. The van der Waals surface area contributed by atoms with Crippen LogP contribution >= 0.6 is 11.6 Å². The molecule has 0 aromatic heterocycles. The van der Waals surface area contributed by atoms with E-state index in [1.165, 1.54) is 0 Å². The maximum Gasteiger partial charge on any atom is 0.255 e. The molecule has 0 atom stereocenters. The summed E-state index contributed by atoms with van der Waals surface area (Å²) in [6.45, 7) is -0.129. The van der Waals surface area contributed by atoms with E-state index < -0.39 is 5.91 Å². The minimum atomic E-state index is -0.503. The van der Waals surface area contributed by atoms with Gasteiger partial charge in [0.1, 0.15) is 5.75 Å². The van der Waals surface area contributed by atoms with Gasteiger partial charge in [0.2, 0.25) is 0 Å². The average molecular weight is 289 g/mol. The van der Waals surface area contributed by atoms with Crippen molar-refractivity contribution in [2.75, 3.05) is 6.61 Å². The van der Waals surface area contributed by atoms with Gasteiger partial charge in [0.25, 0.3) is 5.91 Å². The Morgan fingerprint density at radius 3 is 2.65 bits per heavy atom. The molecule has 0 spiro atoms. The normalized spacial score (nSPS) is 10.7. The highest BCUT2D eigenvalue weighted by Crippen LogP contribution is 2.18. The highest BCUT2D eigenvalue weighted by atomic mass is 35.5. The Morgan fingerprint density at radius 1 is 1.25 bits per heavy atom. The molecule has 2 N–H and O–H groups in total. The number of aliphatic imine (C=N–C) groups is 1. The summed E-state index contributed by atoms with van der Waals surface area (Å²) < 4.78 is 5.16. The van der Waals surface area contributed by atoms with Crippen LogP contribution in [0.5, 0.6) is 5.75 Å². The molecule has 2 rings (SSSR count). The van der Waals surface area contributed by atoms with Crippen LogP contribution in [0.2, 0.25) is 5.02 Å². The number of ether oxygens (including phenoxy) is 1. The number of nitrogens with zero attached hydrogens (tertiary/aromatic N) is 1. The molecular formula is C15H13ClN2O2. The van der Waals surface area contributed by atoms with Crippen LogP contribution in [0.15, 0.2) is 53.5 Å². The summed E-state index contributed by atoms with van der Waals surface area (Å²) in [7, 11) is 0. The maximum atomic E-state index is 10.6. The quantitative estimate of drug-likeness (QED) is 0.860. The van der Waals surface area contributed by atoms with Crippen LogP contribution in [0.4, 0.5) is 5.69 Å². The minimum Gasteiger partial charge on any atom is -0.484 e. The fraction of sp³-hybridized carbons (Fsp3) is 0.0667. The third-order valence-electron chi connectivity index (χ3n) is 2.43. The number of halogens is 1. The number of benzene rings is 2. The van der Waals surface area contributed by atoms with E-state index in [9.17, 15) is 4.79 Å². The number of carbonyl (C=O) groups excluding carboxylic acids is 1. The highest BCUT2D eigenvalue weighted by molar-refractivity contribution is 6.30. The summed E-state index contributed by atoms with van der Waals surface area (Å²) in [5.74, 6) is 0.0836. The van der Waals surface area contributed by atoms with Gasteiger partial charge in [-0.3, -0.25) is 9.79 Å². The second-order valence-corrected chi connectivity index (χ2v) is 4.50. The molecule has 0 fully saturated rings. The van der Waals surface area contributed by atoms with Gasteiger partial charge in [-0.2, -0.15) is 0 Å². The Morgan fingerprint density at radius 2 is 2.00 bits per heavy atom. The van der Waals surface area contributed by atoms with E-state index in [-0.39, 0.29) is 6.61 Å². The molecule has 20 heavy (non-hydrogen) atoms. The number of hydrogen-bond acceptors (Lipinski definition) is 3. The van der Waals surface area contributed by atoms with Gasteiger partial charge in [0.05, 0.1) is 5.69 Å². The van der Waals surface area contributed by atoms with Crippen LogP contribution in [-0.4, -0.2) is 18.7 Å². The first-order valence-electron chi connectivity index (χ1n) is 5.94. The van der Waals surface area contributed by atoms with E-state index in [2.05, 4.69) is 4.99 Å². The molecule has 0 unspecified atom stereocenters. The van der Waals surface area contributed by atoms with Gasteiger partial charge in [0.15, 0.2) is 6.61 Å². The van der Waals surface area contributed by atoms with Crippen molar-refractivity contribution in [1.29, 1.82) is 0 Å². The molecule has 102 valence electrons. The van der Waals surface area contributed by atoms with Crippen LogP contribution in [0.3, 0.4) is 0 Å². The van der Waals surface area contributed by atoms with E-state index in [4.69, 9.17) is 22.1 Å². The first kappa shape index (κ1) is 14.1. The highest BCUT2D eigenvalue weighted by Gasteiger charge is 1.97. The standard InChI is InChI=1S/C15H13ClN2O2/c16-12-2-1-3-13(8-12)18-9-11-4-6-14(7-5-11)20-10-15(17)19/h1-9H,10H2,(H2,17,19)/b18-9+. The van der Waals surface area contributed by atoms with Crippen molar-refractivity contribution in [1.82, 2.24) is 0 Å². The van der Waals surface area contributed by atoms with E-state index in [1.54, 1.807) is 30.5 Å². The summed E-state index contributed by atoms with van der Waals surface area (Å²) in [6, 6.07) is 14.5. The van der Waals surface area contributed by atoms with Crippen molar-refractivity contribution in [3.63, 3.8) is 0 Å². The molecule has 0 heterocycles. The lowest BCUT2D eigenvalue weighted by Gasteiger charge is -2.03. The molecule has 0 radical (unpaired) electrons. The van der Waals surface area contributed by atoms with E-state index in [0.717, 1.165) is 11.3 Å². The summed E-state index contributed by atoms with van der Waals surface area (Å²) in [5.41, 5.74) is 6.70. The van der Waals surface area contributed by atoms with E-state index in [1.807, 2.05) is 24.3 Å². The van der Waals surface area contributed by atoms with Gasteiger partial charge in [-0.05, 0) is 48.0 Å². The van der Waals surface area contributed by atoms with Crippen LogP contribution in [0, 0.1) is 0 Å². The Kier molecular flexibility index (Phi) is 4.74. The zero-order valence-corrected chi connectivity index (χ0v) is 11.4. The minimum absolute atomic E-state index is 0.129. The van der Waals surface area contributed by atoms with Crippen molar-refractivity contribution < 1.29 is 9.53 Å². The first-order chi connectivity index (χ1) is 9.63. The zero-order chi connectivity index (χ0) is 14.4. The lowest BCUT2D eigenvalue weighted by Crippen LogP contribution is -2.19. The molecule has 0 saturated carbocycles. The van der Waals surface area contributed by atoms with Crippen molar-refractivity contribution >= 4 is 29.4 Å². The summed E-state index contributed by atoms with van der Waals surface area (Å²) in [4.78, 5) is 14.9. The van der Waals surface area contributed by atoms with Crippen molar-refractivity contribution in [2.45, 2.75) is 0 Å². The topological polar surface area (TPSA) is 64.7 Å². The molecule has 5 heteroatoms. The number of amides is 1. The number of carbonyl (C=O) groups is 1. The maximum absolute atomic E-state index is 10.6. The van der Waals surface area contributed by atoms with Gasteiger partial charge in [-0.1, -0.05) is 17.7 Å². The molecule has 2 aromatic rings. The lowest BCUT2D eigenvalue weighted by molar-refractivity contribution is -0.119. The molecule has 0 aliphatic carbocycles. The Balaban J connectivity index is 2.01. The fourth-order valence-corrected chi connectivity index (χ4v) is 1.69. The SMILES string of the molecule is NC(=O)COc1ccc(/C=N/c2cccc(Cl)c2)cc1. The third kappa shape index (κ3) is 4.40. The van der Waals surface area contributed by atoms with Crippen LogP contribution in [0.25, 0.3) is 0 Å². The smallest absolute Gasteiger partial charge is 0.255 e. The zero-order valence-electron chi connectivity index (χ0n) is 10.6. The largest absolute Gasteiger partial charge is 0.484 e. The molecule has 1 amide bonds. The van der Waals surface area contributed by atoms with E-state index in [0.29, 0.717) is 10.8 Å². The van der Waals surface area contributed by atoms with Gasteiger partial charge in [-0.25, -0.2) is 0 Å². The Bertz CT molecular complexity index is 624. The summed E-state index contributed by atoms with van der Waals surface area (Å²) >= 11 is 5.88. The molecule has 0 bridgehead atoms. The summed E-state index contributed by atoms with van der Waals surface area (Å²) in [5, 5.41) is 0.648. The number of nitrogens with two attached hydrogens (primary N) is 1. The molecule has 4 nitrogen and oxygen atoms in total. The molecule has 0 aliphatic rings. The van der Waals surface area contributed by atoms with Gasteiger partial charge >= 0.3 is 0 Å². The monoisotopic (exact) mass is 288 g/mol. The number of primary amides is 1. The average Bonchev–Trinajstić information content (AvgIpc) is 2.44. The van der Waals surface area contributed by atoms with Crippen molar-refractivity contribution in [3.8, 4) is 5.75 Å². The molecular weight excluding hydrogens is 276 g/mol. The van der Waals surface area contributed by atoms with Crippen molar-refractivity contribution in [3.05, 3.63) is 59.1 Å². The van der Waals surface area contributed by atoms with Crippen LogP contribution in [-0.2, 0) is 4.79 Å². The van der Waals surface area contributed by atoms with Gasteiger partial charge in [-0.15, -0.1) is 0 Å².